The number of nitrogens with one attached hydrogen (secondary N) is 1. The Labute approximate surface area is 51.8 Å². The number of rotatable bonds is 2. The number of hydrogen-bond donors (Lipinski definition) is 1. The molecule has 0 aliphatic rings. The van der Waals surface area contributed by atoms with Crippen LogP contribution in [0.25, 0.3) is 0 Å². The molecule has 0 spiro atoms. The highest BCUT2D eigenvalue weighted by atomic mass is 14.8. The van der Waals surface area contributed by atoms with E-state index in [9.17, 15) is 0 Å². The monoisotopic (exact) mass is 113 g/mol. The van der Waals surface area contributed by atoms with Gasteiger partial charge in [0.2, 0.25) is 0 Å². The summed E-state index contributed by atoms with van der Waals surface area (Å²) in [5.74, 6) is 0.655. The van der Waals surface area contributed by atoms with E-state index in [2.05, 4.69) is 32.2 Å². The highest BCUT2D eigenvalue weighted by Gasteiger charge is 1.85. The third kappa shape index (κ3) is 3.72. The second-order valence-electron chi connectivity index (χ2n) is 2.34. The summed E-state index contributed by atoms with van der Waals surface area (Å²) in [6.07, 6.45) is 2.19. The molecule has 0 aliphatic carbocycles. The molecule has 1 nitrogen and oxygen atoms in total. The Morgan fingerprint density at radius 3 is 2.12 bits per heavy atom. The molecule has 0 aromatic rings. The van der Waals surface area contributed by atoms with Crippen LogP contribution in [0.5, 0.6) is 0 Å². The molecule has 0 atom stereocenters. The zero-order valence-corrected chi connectivity index (χ0v) is 6.15. The SMILES string of the molecule is CN/C(C)=C/C(C)C. The molecule has 0 bridgehead atoms. The van der Waals surface area contributed by atoms with Gasteiger partial charge >= 0.3 is 0 Å². The first-order valence-electron chi connectivity index (χ1n) is 3.03. The Kier molecular flexibility index (Phi) is 3.33. The summed E-state index contributed by atoms with van der Waals surface area (Å²) in [5.41, 5.74) is 1.25. The van der Waals surface area contributed by atoms with Gasteiger partial charge in [0, 0.05) is 12.7 Å². The summed E-state index contributed by atoms with van der Waals surface area (Å²) < 4.78 is 0. The van der Waals surface area contributed by atoms with Gasteiger partial charge in [0.05, 0.1) is 0 Å². The molecule has 0 aromatic heterocycles. The van der Waals surface area contributed by atoms with Crippen molar-refractivity contribution in [3.05, 3.63) is 11.8 Å². The van der Waals surface area contributed by atoms with Gasteiger partial charge < -0.3 is 5.32 Å². The summed E-state index contributed by atoms with van der Waals surface area (Å²) in [5, 5.41) is 3.06. The Morgan fingerprint density at radius 1 is 1.50 bits per heavy atom. The first-order chi connectivity index (χ1) is 3.66. The lowest BCUT2D eigenvalue weighted by atomic mass is 10.2. The molecular formula is C7H15N. The molecule has 1 heteroatoms. The van der Waals surface area contributed by atoms with Crippen LogP contribution in [0.1, 0.15) is 20.8 Å². The smallest absolute Gasteiger partial charge is 0.00345 e. The zero-order chi connectivity index (χ0) is 6.57. The Hall–Kier alpha value is -0.460. The molecule has 48 valence electrons. The minimum Gasteiger partial charge on any atom is -0.392 e. The van der Waals surface area contributed by atoms with Crippen LogP contribution in [-0.4, -0.2) is 7.05 Å². The molecule has 0 aromatic carbocycles. The van der Waals surface area contributed by atoms with E-state index in [1.54, 1.807) is 0 Å². The third-order valence-electron chi connectivity index (χ3n) is 0.978. The number of hydrogen-bond acceptors (Lipinski definition) is 1. The molecule has 0 aliphatic heterocycles. The molecule has 8 heavy (non-hydrogen) atoms. The van der Waals surface area contributed by atoms with Gasteiger partial charge in [-0.3, -0.25) is 0 Å². The largest absolute Gasteiger partial charge is 0.392 e. The van der Waals surface area contributed by atoms with E-state index in [0.29, 0.717) is 5.92 Å². The fourth-order valence-corrected chi connectivity index (χ4v) is 0.583. The third-order valence-corrected chi connectivity index (χ3v) is 0.978. The lowest BCUT2D eigenvalue weighted by molar-refractivity contribution is 0.802. The standard InChI is InChI=1S/C7H15N/c1-6(2)5-7(3)8-4/h5-6,8H,1-4H3/b7-5+. The van der Waals surface area contributed by atoms with Gasteiger partial charge in [-0.1, -0.05) is 19.9 Å². The maximum atomic E-state index is 3.06. The number of allylic oxidation sites excluding steroid dienone is 2. The van der Waals surface area contributed by atoms with Gasteiger partial charge in [-0.25, -0.2) is 0 Å². The van der Waals surface area contributed by atoms with Crippen molar-refractivity contribution in [3.63, 3.8) is 0 Å². The lowest BCUT2D eigenvalue weighted by Gasteiger charge is -1.99. The van der Waals surface area contributed by atoms with Gasteiger partial charge in [0.15, 0.2) is 0 Å². The van der Waals surface area contributed by atoms with Crippen LogP contribution in [0, 0.1) is 5.92 Å². The topological polar surface area (TPSA) is 12.0 Å². The van der Waals surface area contributed by atoms with Crippen molar-refractivity contribution in [2.75, 3.05) is 7.05 Å². The molecule has 0 radical (unpaired) electrons. The van der Waals surface area contributed by atoms with Crippen molar-refractivity contribution in [1.82, 2.24) is 5.32 Å². The molecule has 0 unspecified atom stereocenters. The van der Waals surface area contributed by atoms with E-state index in [0.717, 1.165) is 0 Å². The minimum atomic E-state index is 0.655. The van der Waals surface area contributed by atoms with E-state index in [1.807, 2.05) is 7.05 Å². The Morgan fingerprint density at radius 2 is 2.00 bits per heavy atom. The van der Waals surface area contributed by atoms with Gasteiger partial charge in [-0.15, -0.1) is 0 Å². The van der Waals surface area contributed by atoms with Crippen LogP contribution >= 0.6 is 0 Å². The van der Waals surface area contributed by atoms with Crippen LogP contribution in [0.3, 0.4) is 0 Å². The molecule has 0 saturated carbocycles. The maximum Gasteiger partial charge on any atom is 0.00345 e. The average Bonchev–Trinajstić information content (AvgIpc) is 1.65. The molecule has 1 N–H and O–H groups in total. The fourth-order valence-electron chi connectivity index (χ4n) is 0.583. The molecule has 0 saturated heterocycles. The minimum absolute atomic E-state index is 0.655. The van der Waals surface area contributed by atoms with Gasteiger partial charge in [0.1, 0.15) is 0 Å². The second-order valence-corrected chi connectivity index (χ2v) is 2.34. The van der Waals surface area contributed by atoms with Gasteiger partial charge in [-0.05, 0) is 12.8 Å². The molecule has 0 fully saturated rings. The van der Waals surface area contributed by atoms with Crippen molar-refractivity contribution in [3.8, 4) is 0 Å². The summed E-state index contributed by atoms with van der Waals surface area (Å²) in [4.78, 5) is 0. The van der Waals surface area contributed by atoms with E-state index in [-0.39, 0.29) is 0 Å². The van der Waals surface area contributed by atoms with Crippen molar-refractivity contribution in [2.45, 2.75) is 20.8 Å². The lowest BCUT2D eigenvalue weighted by Crippen LogP contribution is -2.02. The van der Waals surface area contributed by atoms with Crippen LogP contribution in [0.15, 0.2) is 11.8 Å². The van der Waals surface area contributed by atoms with Crippen molar-refractivity contribution >= 4 is 0 Å². The van der Waals surface area contributed by atoms with Gasteiger partial charge in [0.25, 0.3) is 0 Å². The van der Waals surface area contributed by atoms with E-state index >= 15 is 0 Å². The normalized spacial score (nSPS) is 12.4. The van der Waals surface area contributed by atoms with E-state index < -0.39 is 0 Å². The predicted molar refractivity (Wildman–Crippen MR) is 37.7 cm³/mol. The fraction of sp³-hybridized carbons (Fsp3) is 0.714. The van der Waals surface area contributed by atoms with E-state index in [1.165, 1.54) is 5.70 Å². The van der Waals surface area contributed by atoms with Crippen molar-refractivity contribution < 1.29 is 0 Å². The molecule has 0 amide bonds. The summed E-state index contributed by atoms with van der Waals surface area (Å²) in [7, 11) is 1.94. The van der Waals surface area contributed by atoms with Gasteiger partial charge in [-0.2, -0.15) is 0 Å². The molecule has 0 rings (SSSR count). The highest BCUT2D eigenvalue weighted by molar-refractivity contribution is 4.95. The second kappa shape index (κ2) is 3.53. The van der Waals surface area contributed by atoms with Crippen LogP contribution in [0.4, 0.5) is 0 Å². The van der Waals surface area contributed by atoms with Crippen LogP contribution < -0.4 is 5.32 Å². The van der Waals surface area contributed by atoms with Crippen molar-refractivity contribution in [1.29, 1.82) is 0 Å². The first kappa shape index (κ1) is 7.54. The quantitative estimate of drug-likeness (QED) is 0.575. The van der Waals surface area contributed by atoms with E-state index in [4.69, 9.17) is 0 Å². The molecular weight excluding hydrogens is 98.1 g/mol. The zero-order valence-electron chi connectivity index (χ0n) is 6.15. The highest BCUT2D eigenvalue weighted by Crippen LogP contribution is 1.96. The summed E-state index contributed by atoms with van der Waals surface area (Å²) >= 11 is 0. The van der Waals surface area contributed by atoms with Crippen molar-refractivity contribution in [2.24, 2.45) is 5.92 Å². The first-order valence-corrected chi connectivity index (χ1v) is 3.03. The average molecular weight is 113 g/mol. The van der Waals surface area contributed by atoms with Crippen LogP contribution in [-0.2, 0) is 0 Å². The Bertz CT molecular complexity index is 82.4. The summed E-state index contributed by atoms with van der Waals surface area (Å²) in [6, 6.07) is 0. The summed E-state index contributed by atoms with van der Waals surface area (Å²) in [6.45, 7) is 6.40. The van der Waals surface area contributed by atoms with Crippen LogP contribution in [0.2, 0.25) is 0 Å². The predicted octanol–water partition coefficient (Wildman–Crippen LogP) is 1.77. The maximum absolute atomic E-state index is 3.06. The molecule has 0 heterocycles. The Balaban J connectivity index is 3.56.